The van der Waals surface area contributed by atoms with Crippen LogP contribution in [-0.2, 0) is 14.9 Å². The summed E-state index contributed by atoms with van der Waals surface area (Å²) in [5.74, 6) is 0.0690. The first-order chi connectivity index (χ1) is 15.3. The van der Waals surface area contributed by atoms with Crippen LogP contribution in [-0.4, -0.2) is 23.9 Å². The number of phenolic OH excluding ortho intramolecular Hbond substituents is 1. The Kier molecular flexibility index (Phi) is 6.82. The van der Waals surface area contributed by atoms with E-state index in [1.807, 2.05) is 33.8 Å². The molecule has 2 N–H and O–H groups in total. The standard InChI is InChI=1S/C27H30O5S/c1-15(2)20-13-24(28)17(5)11-22(20)27(19-9-7-8-10-26(19)33(30,31)32)23-12-18(6)25(29)14-21(23)16(3)4/h7-16,28H,1-6H3,(H,30,31,32)/b27-23+. The van der Waals surface area contributed by atoms with Crippen molar-refractivity contribution in [2.45, 2.75) is 52.4 Å². The number of hydrogen-bond acceptors (Lipinski definition) is 4. The molecule has 0 atom stereocenters. The molecule has 1 aliphatic carbocycles. The lowest BCUT2D eigenvalue weighted by molar-refractivity contribution is -0.111. The zero-order valence-electron chi connectivity index (χ0n) is 19.8. The number of carbonyl (C=O) groups excluding carboxylic acids is 1. The van der Waals surface area contributed by atoms with Crippen molar-refractivity contribution in [3.63, 3.8) is 0 Å². The van der Waals surface area contributed by atoms with E-state index in [0.717, 1.165) is 22.3 Å². The van der Waals surface area contributed by atoms with Crippen LogP contribution in [0.2, 0.25) is 0 Å². The van der Waals surface area contributed by atoms with Crippen molar-refractivity contribution in [1.29, 1.82) is 0 Å². The first-order valence-corrected chi connectivity index (χ1v) is 12.4. The summed E-state index contributed by atoms with van der Waals surface area (Å²) in [6, 6.07) is 9.86. The van der Waals surface area contributed by atoms with Gasteiger partial charge in [0.2, 0.25) is 0 Å². The number of rotatable bonds is 5. The van der Waals surface area contributed by atoms with Gasteiger partial charge in [-0.15, -0.1) is 0 Å². The third-order valence-corrected chi connectivity index (χ3v) is 6.84. The summed E-state index contributed by atoms with van der Waals surface area (Å²) in [5, 5.41) is 10.4. The minimum Gasteiger partial charge on any atom is -0.508 e. The highest BCUT2D eigenvalue weighted by molar-refractivity contribution is 7.86. The second-order valence-electron chi connectivity index (χ2n) is 9.09. The summed E-state index contributed by atoms with van der Waals surface area (Å²) in [5.41, 5.74) is 5.20. The van der Waals surface area contributed by atoms with Gasteiger partial charge >= 0.3 is 0 Å². The lowest BCUT2D eigenvalue weighted by Crippen LogP contribution is -2.13. The van der Waals surface area contributed by atoms with Crippen molar-refractivity contribution in [3.8, 4) is 5.75 Å². The van der Waals surface area contributed by atoms with E-state index in [0.29, 0.717) is 22.3 Å². The summed E-state index contributed by atoms with van der Waals surface area (Å²) in [4.78, 5) is 12.3. The maximum atomic E-state index is 12.5. The minimum absolute atomic E-state index is 0.0121. The Bertz CT molecular complexity index is 1320. The first-order valence-electron chi connectivity index (χ1n) is 10.9. The summed E-state index contributed by atoms with van der Waals surface area (Å²) >= 11 is 0. The van der Waals surface area contributed by atoms with Gasteiger partial charge in [-0.3, -0.25) is 9.35 Å². The average Bonchev–Trinajstić information content (AvgIpc) is 2.72. The van der Waals surface area contributed by atoms with Gasteiger partial charge in [-0.1, -0.05) is 45.9 Å². The molecule has 6 heteroatoms. The quantitative estimate of drug-likeness (QED) is 0.529. The number of aryl methyl sites for hydroxylation is 1. The maximum Gasteiger partial charge on any atom is 0.295 e. The number of hydrogen-bond donors (Lipinski definition) is 2. The van der Waals surface area contributed by atoms with E-state index in [9.17, 15) is 22.9 Å². The second-order valence-corrected chi connectivity index (χ2v) is 10.5. The molecule has 0 saturated heterocycles. The van der Waals surface area contributed by atoms with Gasteiger partial charge < -0.3 is 5.11 Å². The minimum atomic E-state index is -4.53. The molecule has 2 aromatic rings. The van der Waals surface area contributed by atoms with Crippen LogP contribution in [0, 0.1) is 12.8 Å². The molecule has 0 fully saturated rings. The molecule has 5 nitrogen and oxygen atoms in total. The van der Waals surface area contributed by atoms with Gasteiger partial charge in [0.15, 0.2) is 5.78 Å². The fourth-order valence-corrected chi connectivity index (χ4v) is 4.84. The Balaban J connectivity index is 2.60. The van der Waals surface area contributed by atoms with Crippen molar-refractivity contribution in [3.05, 3.63) is 87.5 Å². The molecule has 0 radical (unpaired) electrons. The van der Waals surface area contributed by atoms with Gasteiger partial charge in [0.1, 0.15) is 10.6 Å². The van der Waals surface area contributed by atoms with Gasteiger partial charge in [-0.25, -0.2) is 0 Å². The molecule has 0 aliphatic heterocycles. The number of carbonyl (C=O) groups is 1. The van der Waals surface area contributed by atoms with E-state index in [1.165, 1.54) is 6.07 Å². The van der Waals surface area contributed by atoms with Crippen LogP contribution in [0.3, 0.4) is 0 Å². The Hall–Kier alpha value is -2.96. The molecule has 0 bridgehead atoms. The van der Waals surface area contributed by atoms with E-state index in [4.69, 9.17) is 0 Å². The Morgan fingerprint density at radius 3 is 2.12 bits per heavy atom. The molecule has 2 aromatic carbocycles. The molecule has 174 valence electrons. The van der Waals surface area contributed by atoms with Gasteiger partial charge in [0.05, 0.1) is 0 Å². The van der Waals surface area contributed by atoms with Crippen LogP contribution in [0.1, 0.15) is 62.8 Å². The number of phenols is 1. The number of benzene rings is 2. The second kappa shape index (κ2) is 9.12. The molecule has 0 unspecified atom stereocenters. The normalized spacial score (nSPS) is 16.2. The summed E-state index contributed by atoms with van der Waals surface area (Å²) in [6.45, 7) is 11.5. The largest absolute Gasteiger partial charge is 0.508 e. The maximum absolute atomic E-state index is 12.5. The summed E-state index contributed by atoms with van der Waals surface area (Å²) in [7, 11) is -4.53. The predicted molar refractivity (Wildman–Crippen MR) is 131 cm³/mol. The van der Waals surface area contributed by atoms with Crippen LogP contribution in [0.4, 0.5) is 0 Å². The lowest BCUT2D eigenvalue weighted by Gasteiger charge is -2.26. The molecule has 33 heavy (non-hydrogen) atoms. The lowest BCUT2D eigenvalue weighted by atomic mass is 9.78. The molecule has 0 spiro atoms. The van der Waals surface area contributed by atoms with E-state index in [-0.39, 0.29) is 28.3 Å². The Morgan fingerprint density at radius 2 is 1.55 bits per heavy atom. The highest BCUT2D eigenvalue weighted by Gasteiger charge is 2.28. The molecule has 0 amide bonds. The highest BCUT2D eigenvalue weighted by atomic mass is 32.2. The average molecular weight is 467 g/mol. The van der Waals surface area contributed by atoms with Gasteiger partial charge in [-0.2, -0.15) is 8.42 Å². The molecule has 3 rings (SSSR count). The molecular weight excluding hydrogens is 436 g/mol. The van der Waals surface area contributed by atoms with Gasteiger partial charge in [-0.05, 0) is 95.0 Å². The molecule has 0 saturated carbocycles. The van der Waals surface area contributed by atoms with Crippen molar-refractivity contribution in [2.75, 3.05) is 0 Å². The van der Waals surface area contributed by atoms with Crippen LogP contribution >= 0.6 is 0 Å². The molecular formula is C27H30O5S. The molecule has 0 aromatic heterocycles. The van der Waals surface area contributed by atoms with E-state index in [1.54, 1.807) is 50.3 Å². The Labute approximate surface area is 195 Å². The van der Waals surface area contributed by atoms with Crippen molar-refractivity contribution >= 4 is 21.5 Å². The monoisotopic (exact) mass is 466 g/mol. The Morgan fingerprint density at radius 1 is 0.909 bits per heavy atom. The SMILES string of the molecule is CC1=C/C(=C(\c2cc(C)c(O)cc2C(C)C)c2ccccc2S(=O)(=O)O)C(C(C)C)=CC1=O. The summed E-state index contributed by atoms with van der Waals surface area (Å²) < 4.78 is 34.7. The van der Waals surface area contributed by atoms with E-state index < -0.39 is 10.1 Å². The topological polar surface area (TPSA) is 91.7 Å². The van der Waals surface area contributed by atoms with E-state index in [2.05, 4.69) is 0 Å². The molecule has 1 aliphatic rings. The smallest absolute Gasteiger partial charge is 0.295 e. The number of allylic oxidation sites excluding steroid dienone is 5. The van der Waals surface area contributed by atoms with Crippen LogP contribution in [0.5, 0.6) is 5.75 Å². The van der Waals surface area contributed by atoms with Gasteiger partial charge in [0.25, 0.3) is 10.1 Å². The van der Waals surface area contributed by atoms with Crippen LogP contribution < -0.4 is 0 Å². The number of ketones is 1. The van der Waals surface area contributed by atoms with Gasteiger partial charge in [0, 0.05) is 5.56 Å². The third kappa shape index (κ3) is 4.87. The van der Waals surface area contributed by atoms with Crippen molar-refractivity contribution in [1.82, 2.24) is 0 Å². The third-order valence-electron chi connectivity index (χ3n) is 5.93. The predicted octanol–water partition coefficient (Wildman–Crippen LogP) is 5.98. The van der Waals surface area contributed by atoms with E-state index >= 15 is 0 Å². The zero-order valence-corrected chi connectivity index (χ0v) is 20.6. The first kappa shape index (κ1) is 24.7. The van der Waals surface area contributed by atoms with Crippen molar-refractivity contribution in [2.24, 2.45) is 5.92 Å². The van der Waals surface area contributed by atoms with Crippen molar-refractivity contribution < 1.29 is 22.9 Å². The molecule has 0 heterocycles. The fraction of sp³-hybridized carbons (Fsp3) is 0.296. The zero-order chi connectivity index (χ0) is 24.7. The highest BCUT2D eigenvalue weighted by Crippen LogP contribution is 2.42. The fourth-order valence-electron chi connectivity index (χ4n) is 4.14. The summed E-state index contributed by atoms with van der Waals surface area (Å²) in [6.07, 6.45) is 3.40. The number of aromatic hydroxyl groups is 1. The van der Waals surface area contributed by atoms with Crippen LogP contribution in [0.15, 0.2) is 70.2 Å². The van der Waals surface area contributed by atoms with Crippen LogP contribution in [0.25, 0.3) is 5.57 Å².